The molecule has 4 rings (SSSR count). The van der Waals surface area contributed by atoms with E-state index in [-0.39, 0.29) is 23.8 Å². The number of hydrogen-bond donors (Lipinski definition) is 0. The van der Waals surface area contributed by atoms with Crippen LogP contribution >= 0.6 is 27.7 Å². The summed E-state index contributed by atoms with van der Waals surface area (Å²) >= 11 is 4.50. The van der Waals surface area contributed by atoms with Gasteiger partial charge in [0.25, 0.3) is 11.1 Å². The summed E-state index contributed by atoms with van der Waals surface area (Å²) in [7, 11) is 0. The van der Waals surface area contributed by atoms with Crippen molar-refractivity contribution < 1.29 is 19.1 Å². The minimum atomic E-state index is -0.297. The normalized spacial score (nSPS) is 15.2. The number of carbonyl (C=O) groups is 2. The van der Waals surface area contributed by atoms with Crippen LogP contribution in [0.25, 0.3) is 16.8 Å². The van der Waals surface area contributed by atoms with Crippen molar-refractivity contribution in [2.75, 3.05) is 6.61 Å². The zero-order valence-electron chi connectivity index (χ0n) is 18.6. The molecule has 0 saturated carbocycles. The predicted molar refractivity (Wildman–Crippen MR) is 137 cm³/mol. The highest BCUT2D eigenvalue weighted by molar-refractivity contribution is 9.10. The van der Waals surface area contributed by atoms with Crippen LogP contribution in [0.1, 0.15) is 31.9 Å². The first-order chi connectivity index (χ1) is 15.9. The predicted octanol–water partition coefficient (Wildman–Crippen LogP) is 7.02. The lowest BCUT2D eigenvalue weighted by Gasteiger charge is -2.17. The van der Waals surface area contributed by atoms with Gasteiger partial charge in [-0.15, -0.1) is 0 Å². The van der Waals surface area contributed by atoms with Crippen molar-refractivity contribution in [3.05, 3.63) is 75.1 Å². The second-order valence-electron chi connectivity index (χ2n) is 7.84. The largest absolute Gasteiger partial charge is 0.490 e. The van der Waals surface area contributed by atoms with E-state index in [1.807, 2.05) is 75.4 Å². The molecule has 3 aromatic carbocycles. The lowest BCUT2D eigenvalue weighted by molar-refractivity contribution is -0.123. The Morgan fingerprint density at radius 3 is 2.61 bits per heavy atom. The molecule has 0 bridgehead atoms. The van der Waals surface area contributed by atoms with Gasteiger partial charge in [0, 0.05) is 0 Å². The highest BCUT2D eigenvalue weighted by Gasteiger charge is 2.35. The number of hydrogen-bond acceptors (Lipinski definition) is 5. The Hall–Kier alpha value is -2.77. The number of thioether (sulfide) groups is 1. The van der Waals surface area contributed by atoms with Crippen LogP contribution in [0.2, 0.25) is 0 Å². The third kappa shape index (κ3) is 5.09. The molecule has 0 atom stereocenters. The molecule has 0 aromatic heterocycles. The van der Waals surface area contributed by atoms with Crippen LogP contribution < -0.4 is 9.47 Å². The molecule has 2 amide bonds. The van der Waals surface area contributed by atoms with Crippen molar-refractivity contribution in [2.45, 2.75) is 33.4 Å². The molecule has 5 nitrogen and oxygen atoms in total. The molecule has 0 spiro atoms. The molecule has 1 heterocycles. The van der Waals surface area contributed by atoms with Gasteiger partial charge in [0.2, 0.25) is 0 Å². The zero-order chi connectivity index (χ0) is 23.5. The summed E-state index contributed by atoms with van der Waals surface area (Å²) in [5.74, 6) is 0.907. The molecular weight excluding hydrogens is 502 g/mol. The Morgan fingerprint density at radius 2 is 1.85 bits per heavy atom. The van der Waals surface area contributed by atoms with Gasteiger partial charge in [0.1, 0.15) is 0 Å². The number of carbonyl (C=O) groups excluding carboxylic acids is 2. The molecular formula is C26H24BrNO4S. The fraction of sp³-hybridized carbons (Fsp3) is 0.231. The molecule has 1 saturated heterocycles. The molecule has 1 aliphatic rings. The Balaban J connectivity index is 1.62. The van der Waals surface area contributed by atoms with Crippen LogP contribution in [0.4, 0.5) is 4.79 Å². The Kier molecular flexibility index (Phi) is 7.10. The highest BCUT2D eigenvalue weighted by atomic mass is 79.9. The lowest BCUT2D eigenvalue weighted by Crippen LogP contribution is -2.27. The fourth-order valence-corrected chi connectivity index (χ4v) is 5.06. The summed E-state index contributed by atoms with van der Waals surface area (Å²) in [4.78, 5) is 27.5. The van der Waals surface area contributed by atoms with Gasteiger partial charge < -0.3 is 9.47 Å². The summed E-state index contributed by atoms with van der Waals surface area (Å²) in [6.07, 6.45) is 1.71. The molecule has 0 radical (unpaired) electrons. The number of amides is 2. The number of nitrogens with zero attached hydrogens (tertiary/aromatic N) is 1. The van der Waals surface area contributed by atoms with Crippen molar-refractivity contribution >= 4 is 55.7 Å². The smallest absolute Gasteiger partial charge is 0.293 e. The van der Waals surface area contributed by atoms with Gasteiger partial charge >= 0.3 is 0 Å². The molecule has 1 fully saturated rings. The van der Waals surface area contributed by atoms with Crippen LogP contribution in [0.5, 0.6) is 11.5 Å². The second-order valence-corrected chi connectivity index (χ2v) is 9.68. The number of halogens is 1. The number of imide groups is 1. The molecule has 3 aromatic rings. The first-order valence-electron chi connectivity index (χ1n) is 10.7. The van der Waals surface area contributed by atoms with E-state index in [9.17, 15) is 9.59 Å². The first-order valence-corrected chi connectivity index (χ1v) is 12.3. The quantitative estimate of drug-likeness (QED) is 0.310. The van der Waals surface area contributed by atoms with Gasteiger partial charge in [0.05, 0.1) is 28.6 Å². The van der Waals surface area contributed by atoms with E-state index in [2.05, 4.69) is 15.9 Å². The Labute approximate surface area is 205 Å². The van der Waals surface area contributed by atoms with E-state index in [4.69, 9.17) is 9.47 Å². The average molecular weight is 526 g/mol. The van der Waals surface area contributed by atoms with E-state index in [0.717, 1.165) is 38.1 Å². The molecule has 7 heteroatoms. The van der Waals surface area contributed by atoms with Gasteiger partial charge in [-0.2, -0.15) is 0 Å². The van der Waals surface area contributed by atoms with Crippen molar-refractivity contribution in [3.8, 4) is 11.5 Å². The van der Waals surface area contributed by atoms with Gasteiger partial charge in [-0.25, -0.2) is 0 Å². The van der Waals surface area contributed by atoms with Crippen LogP contribution in [-0.2, 0) is 11.3 Å². The third-order valence-electron chi connectivity index (χ3n) is 5.06. The number of fused-ring (bicyclic) bond motifs is 1. The molecule has 0 unspecified atom stereocenters. The summed E-state index contributed by atoms with van der Waals surface area (Å²) in [5, 5.41) is 1.84. The lowest BCUT2D eigenvalue weighted by atomic mass is 10.0. The van der Waals surface area contributed by atoms with E-state index >= 15 is 0 Å². The average Bonchev–Trinajstić information content (AvgIpc) is 3.03. The maximum Gasteiger partial charge on any atom is 0.293 e. The van der Waals surface area contributed by atoms with Gasteiger partial charge in [-0.1, -0.05) is 42.5 Å². The standard InChI is InChI=1S/C26H24BrNO4S/c1-4-31-22-13-17(12-21(27)24(22)32-16(2)3)14-23-25(29)28(26(30)33-23)15-19-10-7-9-18-8-5-6-11-20(18)19/h5-14,16H,4,15H2,1-3H3/b23-14+. The topological polar surface area (TPSA) is 55.8 Å². The fourth-order valence-electron chi connectivity index (χ4n) is 3.67. The van der Waals surface area contributed by atoms with Gasteiger partial charge in [-0.05, 0) is 88.6 Å². The molecule has 1 aliphatic heterocycles. The number of rotatable bonds is 7. The van der Waals surface area contributed by atoms with Crippen molar-refractivity contribution in [1.29, 1.82) is 0 Å². The highest BCUT2D eigenvalue weighted by Crippen LogP contribution is 2.40. The Bertz CT molecular complexity index is 1250. The number of ether oxygens (including phenoxy) is 2. The molecule has 33 heavy (non-hydrogen) atoms. The second kappa shape index (κ2) is 10.0. The summed E-state index contributed by atoms with van der Waals surface area (Å²) < 4.78 is 12.4. The first kappa shape index (κ1) is 23.4. The molecule has 0 aliphatic carbocycles. The maximum atomic E-state index is 13.1. The molecule has 0 N–H and O–H groups in total. The van der Waals surface area contributed by atoms with E-state index in [0.29, 0.717) is 23.0 Å². The molecule has 170 valence electrons. The Morgan fingerprint density at radius 1 is 1.09 bits per heavy atom. The number of benzene rings is 3. The minimum Gasteiger partial charge on any atom is -0.490 e. The van der Waals surface area contributed by atoms with Gasteiger partial charge in [0.15, 0.2) is 11.5 Å². The summed E-state index contributed by atoms with van der Waals surface area (Å²) in [5.41, 5.74) is 1.69. The minimum absolute atomic E-state index is 0.0167. The summed E-state index contributed by atoms with van der Waals surface area (Å²) in [6.45, 7) is 6.51. The van der Waals surface area contributed by atoms with Crippen LogP contribution in [-0.4, -0.2) is 28.8 Å². The SMILES string of the molecule is CCOc1cc(/C=C2/SC(=O)N(Cc3cccc4ccccc34)C2=O)cc(Br)c1OC(C)C. The van der Waals surface area contributed by atoms with Crippen molar-refractivity contribution in [1.82, 2.24) is 4.90 Å². The summed E-state index contributed by atoms with van der Waals surface area (Å²) in [6, 6.07) is 17.6. The van der Waals surface area contributed by atoms with E-state index < -0.39 is 0 Å². The maximum absolute atomic E-state index is 13.1. The van der Waals surface area contributed by atoms with Crippen molar-refractivity contribution in [2.24, 2.45) is 0 Å². The van der Waals surface area contributed by atoms with Crippen LogP contribution in [0.3, 0.4) is 0 Å². The monoisotopic (exact) mass is 525 g/mol. The van der Waals surface area contributed by atoms with Gasteiger partial charge in [-0.3, -0.25) is 14.5 Å². The zero-order valence-corrected chi connectivity index (χ0v) is 21.0. The van der Waals surface area contributed by atoms with E-state index in [1.54, 1.807) is 6.08 Å². The van der Waals surface area contributed by atoms with Crippen LogP contribution in [0.15, 0.2) is 64.0 Å². The third-order valence-corrected chi connectivity index (χ3v) is 6.56. The van der Waals surface area contributed by atoms with Crippen LogP contribution in [0, 0.1) is 0 Å². The van der Waals surface area contributed by atoms with E-state index in [1.165, 1.54) is 4.90 Å². The van der Waals surface area contributed by atoms with Crippen molar-refractivity contribution in [3.63, 3.8) is 0 Å².